The summed E-state index contributed by atoms with van der Waals surface area (Å²) in [6, 6.07) is 5.01. The molecule has 4 atom stereocenters. The van der Waals surface area contributed by atoms with Gasteiger partial charge >= 0.3 is 0 Å². The minimum atomic E-state index is -0.946. The Morgan fingerprint density at radius 2 is 1.95 bits per heavy atom. The summed E-state index contributed by atoms with van der Waals surface area (Å²) in [7, 11) is 0. The highest BCUT2D eigenvalue weighted by atomic mass is 16.3. The maximum atomic E-state index is 11.3. The van der Waals surface area contributed by atoms with E-state index in [0.717, 1.165) is 19.3 Å². The summed E-state index contributed by atoms with van der Waals surface area (Å²) in [5.74, 6) is 0.409. The predicted molar refractivity (Wildman–Crippen MR) is 76.6 cm³/mol. The number of phenolic OH excluding ortho intramolecular Hbond substituents is 2. The van der Waals surface area contributed by atoms with Crippen LogP contribution in [0.15, 0.2) is 18.2 Å². The van der Waals surface area contributed by atoms with E-state index < -0.39 is 5.60 Å². The molecule has 4 heteroatoms. The van der Waals surface area contributed by atoms with Gasteiger partial charge in [-0.3, -0.25) is 0 Å². The first-order chi connectivity index (χ1) is 9.42. The van der Waals surface area contributed by atoms with E-state index in [1.807, 2.05) is 0 Å². The van der Waals surface area contributed by atoms with E-state index in [1.165, 1.54) is 12.1 Å². The second kappa shape index (κ2) is 4.64. The molecule has 2 fully saturated rings. The van der Waals surface area contributed by atoms with Gasteiger partial charge in [-0.25, -0.2) is 0 Å². The van der Waals surface area contributed by atoms with Gasteiger partial charge in [0, 0.05) is 12.1 Å². The Hall–Kier alpha value is -1.26. The van der Waals surface area contributed by atoms with Gasteiger partial charge in [-0.15, -0.1) is 0 Å². The van der Waals surface area contributed by atoms with Crippen LogP contribution < -0.4 is 5.32 Å². The number of hydrogen-bond acceptors (Lipinski definition) is 4. The molecule has 3 rings (SSSR count). The van der Waals surface area contributed by atoms with Gasteiger partial charge in [0.05, 0.1) is 0 Å². The van der Waals surface area contributed by atoms with Crippen molar-refractivity contribution in [1.82, 2.24) is 5.32 Å². The summed E-state index contributed by atoms with van der Waals surface area (Å²) in [4.78, 5) is 0. The Kier molecular flexibility index (Phi) is 3.18. The summed E-state index contributed by atoms with van der Waals surface area (Å²) in [6.45, 7) is 4.17. The largest absolute Gasteiger partial charge is 0.504 e. The van der Waals surface area contributed by atoms with E-state index in [-0.39, 0.29) is 23.5 Å². The van der Waals surface area contributed by atoms with E-state index in [1.54, 1.807) is 6.07 Å². The summed E-state index contributed by atoms with van der Waals surface area (Å²) in [5, 5.41) is 34.0. The molecule has 4 nitrogen and oxygen atoms in total. The second-order valence-electron chi connectivity index (χ2n) is 6.60. The Balaban J connectivity index is 2.00. The van der Waals surface area contributed by atoms with Gasteiger partial charge in [0.2, 0.25) is 0 Å². The Labute approximate surface area is 119 Å². The second-order valence-corrected chi connectivity index (χ2v) is 6.60. The fourth-order valence-corrected chi connectivity index (χ4v) is 4.14. The highest BCUT2D eigenvalue weighted by Gasteiger charge is 2.58. The lowest BCUT2D eigenvalue weighted by Crippen LogP contribution is -2.54. The minimum Gasteiger partial charge on any atom is -0.504 e. The van der Waals surface area contributed by atoms with Crippen molar-refractivity contribution in [3.63, 3.8) is 0 Å². The van der Waals surface area contributed by atoms with Crippen LogP contribution >= 0.6 is 0 Å². The molecule has 0 saturated heterocycles. The lowest BCUT2D eigenvalue weighted by molar-refractivity contribution is -0.0484. The molecule has 2 bridgehead atoms. The Morgan fingerprint density at radius 3 is 2.60 bits per heavy atom. The fraction of sp³-hybridized carbons (Fsp3) is 0.625. The first-order valence-corrected chi connectivity index (χ1v) is 7.43. The van der Waals surface area contributed by atoms with Crippen LogP contribution in [0.2, 0.25) is 0 Å². The van der Waals surface area contributed by atoms with Gasteiger partial charge in [0.1, 0.15) is 5.60 Å². The number of benzene rings is 1. The van der Waals surface area contributed by atoms with Gasteiger partial charge in [0.25, 0.3) is 0 Å². The molecular weight excluding hydrogens is 254 g/mol. The molecule has 110 valence electrons. The van der Waals surface area contributed by atoms with Crippen molar-refractivity contribution in [3.8, 4) is 11.5 Å². The summed E-state index contributed by atoms with van der Waals surface area (Å²) in [5.41, 5.74) is -0.239. The van der Waals surface area contributed by atoms with Crippen LogP contribution in [0.4, 0.5) is 0 Å². The molecule has 0 spiro atoms. The van der Waals surface area contributed by atoms with Crippen molar-refractivity contribution in [2.75, 3.05) is 0 Å². The van der Waals surface area contributed by atoms with Crippen LogP contribution in [0.25, 0.3) is 0 Å². The molecule has 1 aromatic carbocycles. The molecule has 2 saturated carbocycles. The number of hydrogen-bond donors (Lipinski definition) is 4. The predicted octanol–water partition coefficient (Wildman–Crippen LogP) is 2.08. The summed E-state index contributed by atoms with van der Waals surface area (Å²) < 4.78 is 0. The molecule has 0 amide bonds. The molecule has 2 aliphatic rings. The Morgan fingerprint density at radius 1 is 1.20 bits per heavy atom. The summed E-state index contributed by atoms with van der Waals surface area (Å²) in [6.07, 6.45) is 3.21. The molecule has 1 aromatic rings. The number of phenols is 2. The zero-order valence-corrected chi connectivity index (χ0v) is 12.0. The normalized spacial score (nSPS) is 35.9. The van der Waals surface area contributed by atoms with E-state index in [9.17, 15) is 15.3 Å². The fourth-order valence-electron chi connectivity index (χ4n) is 4.14. The quantitative estimate of drug-likeness (QED) is 0.638. The molecule has 0 aliphatic heterocycles. The van der Waals surface area contributed by atoms with Crippen LogP contribution in [0, 0.1) is 11.8 Å². The van der Waals surface area contributed by atoms with Crippen LogP contribution in [0.5, 0.6) is 11.5 Å². The smallest absolute Gasteiger partial charge is 0.157 e. The maximum Gasteiger partial charge on any atom is 0.157 e. The van der Waals surface area contributed by atoms with Gasteiger partial charge in [-0.1, -0.05) is 19.9 Å². The van der Waals surface area contributed by atoms with Crippen molar-refractivity contribution >= 4 is 0 Å². The van der Waals surface area contributed by atoms with Crippen LogP contribution in [0.3, 0.4) is 0 Å². The summed E-state index contributed by atoms with van der Waals surface area (Å²) >= 11 is 0. The van der Waals surface area contributed by atoms with Gasteiger partial charge < -0.3 is 20.6 Å². The van der Waals surface area contributed by atoms with Gasteiger partial charge in [-0.2, -0.15) is 0 Å². The number of nitrogens with one attached hydrogen (secondary N) is 1. The van der Waals surface area contributed by atoms with Crippen LogP contribution in [-0.2, 0) is 5.60 Å². The molecule has 0 aromatic heterocycles. The zero-order valence-electron chi connectivity index (χ0n) is 12.0. The average Bonchev–Trinajstić information content (AvgIpc) is 2.95. The van der Waals surface area contributed by atoms with Crippen molar-refractivity contribution < 1.29 is 15.3 Å². The highest BCUT2D eigenvalue weighted by Crippen LogP contribution is 2.56. The average molecular weight is 277 g/mol. The highest BCUT2D eigenvalue weighted by molar-refractivity contribution is 5.44. The monoisotopic (exact) mass is 277 g/mol. The first-order valence-electron chi connectivity index (χ1n) is 7.43. The van der Waals surface area contributed by atoms with Crippen molar-refractivity contribution in [2.45, 2.75) is 50.8 Å². The maximum absolute atomic E-state index is 11.3. The number of aliphatic hydroxyl groups is 1. The van der Waals surface area contributed by atoms with E-state index >= 15 is 0 Å². The first kappa shape index (κ1) is 13.7. The molecule has 0 heterocycles. The minimum absolute atomic E-state index is 0.0187. The van der Waals surface area contributed by atoms with E-state index in [2.05, 4.69) is 19.2 Å². The van der Waals surface area contributed by atoms with Crippen molar-refractivity contribution in [1.29, 1.82) is 0 Å². The third-order valence-electron chi connectivity index (χ3n) is 4.99. The van der Waals surface area contributed by atoms with E-state index in [0.29, 0.717) is 17.5 Å². The third kappa shape index (κ3) is 1.90. The lowest BCUT2D eigenvalue weighted by Gasteiger charge is -2.41. The molecule has 0 radical (unpaired) electrons. The van der Waals surface area contributed by atoms with E-state index in [4.69, 9.17) is 0 Å². The number of rotatable bonds is 3. The molecule has 4 N–H and O–H groups in total. The number of fused-ring (bicyclic) bond motifs is 2. The SMILES string of the molecule is CC(C)N[C@H]1[C@H]2CC[C@@H](C2)[C@@]1(O)c1ccc(O)c(O)c1. The van der Waals surface area contributed by atoms with Gasteiger partial charge in [0.15, 0.2) is 11.5 Å². The molecule has 2 aliphatic carbocycles. The lowest BCUT2D eigenvalue weighted by atomic mass is 9.75. The third-order valence-corrected chi connectivity index (χ3v) is 4.99. The van der Waals surface area contributed by atoms with Gasteiger partial charge in [-0.05, 0) is 48.8 Å². The standard InChI is InChI=1S/C16H23NO3/c1-9(2)17-15-10-3-4-11(7-10)16(15,20)12-5-6-13(18)14(19)8-12/h5-6,8-11,15,17-20H,3-4,7H2,1-2H3/t10-,11-,15-,16+/m0/s1. The molecule has 20 heavy (non-hydrogen) atoms. The van der Waals surface area contributed by atoms with Crippen molar-refractivity contribution in [2.24, 2.45) is 11.8 Å². The zero-order chi connectivity index (χ0) is 14.5. The Bertz CT molecular complexity index is 516. The van der Waals surface area contributed by atoms with Crippen molar-refractivity contribution in [3.05, 3.63) is 23.8 Å². The molecular formula is C16H23NO3. The number of aromatic hydroxyl groups is 2. The topological polar surface area (TPSA) is 72.7 Å². The van der Waals surface area contributed by atoms with Crippen LogP contribution in [-0.4, -0.2) is 27.4 Å². The van der Waals surface area contributed by atoms with Crippen LogP contribution in [0.1, 0.15) is 38.7 Å². The molecule has 0 unspecified atom stereocenters.